The van der Waals surface area contributed by atoms with Crippen molar-refractivity contribution >= 4 is 11.7 Å². The number of hydrogen-bond donors (Lipinski definition) is 0. The molecule has 1 saturated heterocycles. The highest BCUT2D eigenvalue weighted by molar-refractivity contribution is 5.95. The number of rotatable bonds is 3. The van der Waals surface area contributed by atoms with Gasteiger partial charge >= 0.3 is 5.97 Å². The molecule has 3 atom stereocenters. The predicted octanol–water partition coefficient (Wildman–Crippen LogP) is 1.65. The van der Waals surface area contributed by atoms with E-state index < -0.39 is 5.60 Å². The van der Waals surface area contributed by atoms with E-state index in [1.54, 1.807) is 0 Å². The van der Waals surface area contributed by atoms with Crippen LogP contribution in [-0.2, 0) is 19.1 Å². The number of nitrogens with zero attached hydrogens (tertiary/aromatic N) is 1. The molecule has 3 rings (SSSR count). The molecule has 1 saturated carbocycles. The Balaban J connectivity index is 1.61. The third-order valence-corrected chi connectivity index (χ3v) is 4.23. The molecule has 0 spiro atoms. The first-order valence-electron chi connectivity index (χ1n) is 6.74. The van der Waals surface area contributed by atoms with Gasteiger partial charge in [0.2, 0.25) is 5.60 Å². The summed E-state index contributed by atoms with van der Waals surface area (Å²) in [6.45, 7) is 3.04. The average molecular weight is 253 g/mol. The van der Waals surface area contributed by atoms with Gasteiger partial charge in [-0.1, -0.05) is 5.16 Å². The maximum absolute atomic E-state index is 12.3. The summed E-state index contributed by atoms with van der Waals surface area (Å²) in [4.78, 5) is 17.7. The zero-order chi connectivity index (χ0) is 12.6. The maximum atomic E-state index is 12.3. The summed E-state index contributed by atoms with van der Waals surface area (Å²) in [6, 6.07) is 0. The van der Waals surface area contributed by atoms with Crippen molar-refractivity contribution in [3.05, 3.63) is 0 Å². The lowest BCUT2D eigenvalue weighted by atomic mass is 9.88. The van der Waals surface area contributed by atoms with Crippen LogP contribution in [-0.4, -0.2) is 36.6 Å². The predicted molar refractivity (Wildman–Crippen MR) is 64.2 cm³/mol. The number of carbonyl (C=O) groups is 1. The quantitative estimate of drug-likeness (QED) is 0.718. The van der Waals surface area contributed by atoms with Gasteiger partial charge in [-0.15, -0.1) is 0 Å². The largest absolute Gasteiger partial charge is 0.460 e. The van der Waals surface area contributed by atoms with Crippen LogP contribution in [0, 0.1) is 5.92 Å². The monoisotopic (exact) mass is 253 g/mol. The van der Waals surface area contributed by atoms with Gasteiger partial charge in [-0.3, -0.25) is 0 Å². The van der Waals surface area contributed by atoms with E-state index in [1.807, 2.05) is 6.92 Å². The van der Waals surface area contributed by atoms with Crippen LogP contribution in [0.5, 0.6) is 0 Å². The summed E-state index contributed by atoms with van der Waals surface area (Å²) in [5.74, 6) is -0.157. The molecule has 2 heterocycles. The second-order valence-corrected chi connectivity index (χ2v) is 5.39. The highest BCUT2D eigenvalue weighted by Gasteiger charge is 2.57. The van der Waals surface area contributed by atoms with Gasteiger partial charge in [0.05, 0.1) is 17.7 Å². The molecule has 0 amide bonds. The minimum Gasteiger partial charge on any atom is -0.460 e. The van der Waals surface area contributed by atoms with E-state index in [0.29, 0.717) is 13.0 Å². The van der Waals surface area contributed by atoms with Gasteiger partial charge in [0.25, 0.3) is 0 Å². The zero-order valence-electron chi connectivity index (χ0n) is 10.7. The molecule has 5 heteroatoms. The molecular weight excluding hydrogens is 234 g/mol. The smallest absolute Gasteiger partial charge is 0.354 e. The average Bonchev–Trinajstić information content (AvgIpc) is 3.05. The Morgan fingerprint density at radius 1 is 1.50 bits per heavy atom. The van der Waals surface area contributed by atoms with Crippen LogP contribution in [0.15, 0.2) is 5.16 Å². The Hall–Kier alpha value is -1.10. The van der Waals surface area contributed by atoms with Gasteiger partial charge in [-0.2, -0.15) is 0 Å². The lowest BCUT2D eigenvalue weighted by Crippen LogP contribution is -2.44. The Kier molecular flexibility index (Phi) is 3.01. The lowest BCUT2D eigenvalue weighted by Gasteiger charge is -2.25. The molecule has 0 aromatic carbocycles. The molecule has 18 heavy (non-hydrogen) atoms. The van der Waals surface area contributed by atoms with Crippen molar-refractivity contribution in [3.8, 4) is 0 Å². The molecule has 0 radical (unpaired) electrons. The van der Waals surface area contributed by atoms with Gasteiger partial charge in [-0.05, 0) is 32.6 Å². The van der Waals surface area contributed by atoms with Gasteiger partial charge in [0.1, 0.15) is 6.61 Å². The number of hydrogen-bond acceptors (Lipinski definition) is 5. The zero-order valence-corrected chi connectivity index (χ0v) is 10.7. The van der Waals surface area contributed by atoms with E-state index in [4.69, 9.17) is 14.3 Å². The molecule has 2 aliphatic heterocycles. The normalized spacial score (nSPS) is 38.2. The fraction of sp³-hybridized carbons (Fsp3) is 0.846. The summed E-state index contributed by atoms with van der Waals surface area (Å²) in [5.41, 5.74) is 0.0874. The van der Waals surface area contributed by atoms with Crippen LogP contribution in [0.1, 0.15) is 39.0 Å². The van der Waals surface area contributed by atoms with Crippen LogP contribution in [0.4, 0.5) is 0 Å². The Bertz CT molecular complexity index is 375. The molecular formula is C13H19NO4. The molecule has 1 aliphatic carbocycles. The number of carbonyl (C=O) groups excluding carboxylic acids is 1. The van der Waals surface area contributed by atoms with Crippen LogP contribution in [0.25, 0.3) is 0 Å². The van der Waals surface area contributed by atoms with E-state index in [1.165, 1.54) is 0 Å². The van der Waals surface area contributed by atoms with Gasteiger partial charge in [0.15, 0.2) is 0 Å². The third-order valence-electron chi connectivity index (χ3n) is 4.23. The molecule has 5 nitrogen and oxygen atoms in total. The minimum absolute atomic E-state index is 0.0635. The fourth-order valence-electron chi connectivity index (χ4n) is 3.20. The highest BCUT2D eigenvalue weighted by Crippen LogP contribution is 2.44. The third kappa shape index (κ3) is 1.81. The Labute approximate surface area is 106 Å². The first-order chi connectivity index (χ1) is 8.72. The maximum Gasteiger partial charge on any atom is 0.354 e. The molecule has 0 N–H and O–H groups in total. The number of esters is 1. The first-order valence-corrected chi connectivity index (χ1v) is 6.74. The minimum atomic E-state index is -0.831. The standard InChI is InChI=1S/C13H19NO4/c1-9-11-5-2-6-13(11,18-14-9)12(15)17-8-10-4-3-7-16-10/h10-11H,2-8H2,1H3. The number of oxime groups is 1. The lowest BCUT2D eigenvalue weighted by molar-refractivity contribution is -0.174. The van der Waals surface area contributed by atoms with E-state index in [2.05, 4.69) is 5.16 Å². The molecule has 3 unspecified atom stereocenters. The highest BCUT2D eigenvalue weighted by atomic mass is 16.7. The van der Waals surface area contributed by atoms with Gasteiger partial charge in [0, 0.05) is 13.0 Å². The summed E-state index contributed by atoms with van der Waals surface area (Å²) < 4.78 is 10.9. The number of fused-ring (bicyclic) bond motifs is 1. The van der Waals surface area contributed by atoms with E-state index in [-0.39, 0.29) is 18.0 Å². The molecule has 100 valence electrons. The summed E-state index contributed by atoms with van der Waals surface area (Å²) >= 11 is 0. The van der Waals surface area contributed by atoms with E-state index in [0.717, 1.165) is 38.0 Å². The Morgan fingerprint density at radius 2 is 2.39 bits per heavy atom. The summed E-state index contributed by atoms with van der Waals surface area (Å²) in [6.07, 6.45) is 4.75. The van der Waals surface area contributed by atoms with Gasteiger partial charge < -0.3 is 14.3 Å². The Morgan fingerprint density at radius 3 is 3.17 bits per heavy atom. The molecule has 0 aromatic rings. The fourth-order valence-corrected chi connectivity index (χ4v) is 3.20. The van der Waals surface area contributed by atoms with Crippen molar-refractivity contribution in [3.63, 3.8) is 0 Å². The molecule has 0 aromatic heterocycles. The van der Waals surface area contributed by atoms with Crippen molar-refractivity contribution in [1.82, 2.24) is 0 Å². The first kappa shape index (κ1) is 12.0. The second kappa shape index (κ2) is 4.53. The van der Waals surface area contributed by atoms with Crippen LogP contribution in [0.2, 0.25) is 0 Å². The van der Waals surface area contributed by atoms with Crippen LogP contribution < -0.4 is 0 Å². The van der Waals surface area contributed by atoms with Crippen molar-refractivity contribution in [2.45, 2.75) is 50.7 Å². The molecule has 3 aliphatic rings. The van der Waals surface area contributed by atoms with E-state index in [9.17, 15) is 4.79 Å². The van der Waals surface area contributed by atoms with Crippen LogP contribution in [0.3, 0.4) is 0 Å². The van der Waals surface area contributed by atoms with Gasteiger partial charge in [-0.25, -0.2) is 4.79 Å². The summed E-state index contributed by atoms with van der Waals surface area (Å²) in [5, 5.41) is 3.98. The van der Waals surface area contributed by atoms with Crippen molar-refractivity contribution < 1.29 is 19.1 Å². The molecule has 2 fully saturated rings. The summed E-state index contributed by atoms with van der Waals surface area (Å²) in [7, 11) is 0. The second-order valence-electron chi connectivity index (χ2n) is 5.39. The van der Waals surface area contributed by atoms with Crippen molar-refractivity contribution in [1.29, 1.82) is 0 Å². The molecule has 0 bridgehead atoms. The topological polar surface area (TPSA) is 57.1 Å². The van der Waals surface area contributed by atoms with E-state index >= 15 is 0 Å². The number of ether oxygens (including phenoxy) is 2. The SMILES string of the molecule is CC1=NOC2(C(=O)OCC3CCCO3)CCCC12. The van der Waals surface area contributed by atoms with Crippen molar-refractivity contribution in [2.75, 3.05) is 13.2 Å². The van der Waals surface area contributed by atoms with Crippen molar-refractivity contribution in [2.24, 2.45) is 11.1 Å². The van der Waals surface area contributed by atoms with Crippen LogP contribution >= 0.6 is 0 Å².